The van der Waals surface area contributed by atoms with Gasteiger partial charge in [-0.3, -0.25) is 4.79 Å². The minimum Gasteiger partial charge on any atom is -0.496 e. The summed E-state index contributed by atoms with van der Waals surface area (Å²) in [5.41, 5.74) is 1.63. The van der Waals surface area contributed by atoms with Gasteiger partial charge >= 0.3 is 0 Å². The molecule has 1 aromatic carbocycles. The number of carbonyl (C=O) groups excluding carboxylic acids is 1. The zero-order valence-electron chi connectivity index (χ0n) is 11.5. The summed E-state index contributed by atoms with van der Waals surface area (Å²) in [6.45, 7) is 3.98. The summed E-state index contributed by atoms with van der Waals surface area (Å²) in [6, 6.07) is 3.61. The van der Waals surface area contributed by atoms with Crippen LogP contribution in [0.15, 0.2) is 12.1 Å². The average molecular weight is 251 g/mol. The molecule has 0 aliphatic carbocycles. The molecular formula is C14H21NO3. The standard InChI is InChI=1S/C14H21NO3/c1-5-6-7-14(16)15-11-8-12(17-3)10(2)13(9-11)18-4/h8-9H,5-7H2,1-4H3,(H,15,16). The Morgan fingerprint density at radius 2 is 1.78 bits per heavy atom. The molecule has 0 fully saturated rings. The average Bonchev–Trinajstić information content (AvgIpc) is 2.38. The van der Waals surface area contributed by atoms with Crippen LogP contribution in [-0.4, -0.2) is 20.1 Å². The van der Waals surface area contributed by atoms with Crippen LogP contribution in [-0.2, 0) is 4.79 Å². The monoisotopic (exact) mass is 251 g/mol. The number of hydrogen-bond acceptors (Lipinski definition) is 3. The van der Waals surface area contributed by atoms with Crippen molar-refractivity contribution in [3.63, 3.8) is 0 Å². The molecule has 0 heterocycles. The molecule has 4 nitrogen and oxygen atoms in total. The fourth-order valence-electron chi connectivity index (χ4n) is 1.72. The van der Waals surface area contributed by atoms with Crippen LogP contribution in [0, 0.1) is 6.92 Å². The smallest absolute Gasteiger partial charge is 0.224 e. The first-order chi connectivity index (χ1) is 8.62. The number of nitrogens with one attached hydrogen (secondary N) is 1. The summed E-state index contributed by atoms with van der Waals surface area (Å²) in [4.78, 5) is 11.7. The van der Waals surface area contributed by atoms with Crippen molar-refractivity contribution in [3.05, 3.63) is 17.7 Å². The SMILES string of the molecule is CCCCC(=O)Nc1cc(OC)c(C)c(OC)c1. The Morgan fingerprint density at radius 3 is 2.22 bits per heavy atom. The van der Waals surface area contributed by atoms with Crippen LogP contribution in [0.3, 0.4) is 0 Å². The molecule has 0 atom stereocenters. The highest BCUT2D eigenvalue weighted by atomic mass is 16.5. The van der Waals surface area contributed by atoms with E-state index in [9.17, 15) is 4.79 Å². The molecule has 0 spiro atoms. The number of rotatable bonds is 6. The zero-order valence-corrected chi connectivity index (χ0v) is 11.5. The normalized spacial score (nSPS) is 10.0. The summed E-state index contributed by atoms with van der Waals surface area (Å²) in [5, 5.41) is 2.85. The molecule has 0 saturated heterocycles. The molecule has 0 saturated carbocycles. The predicted octanol–water partition coefficient (Wildman–Crippen LogP) is 3.14. The highest BCUT2D eigenvalue weighted by molar-refractivity contribution is 5.91. The molecule has 1 N–H and O–H groups in total. The van der Waals surface area contributed by atoms with E-state index in [2.05, 4.69) is 12.2 Å². The second-order valence-corrected chi connectivity index (χ2v) is 4.16. The van der Waals surface area contributed by atoms with Gasteiger partial charge in [0.15, 0.2) is 0 Å². The van der Waals surface area contributed by atoms with Crippen molar-refractivity contribution in [2.75, 3.05) is 19.5 Å². The summed E-state index contributed by atoms with van der Waals surface area (Å²) < 4.78 is 10.5. The Bertz CT molecular complexity index is 390. The van der Waals surface area contributed by atoms with Gasteiger partial charge in [0.2, 0.25) is 5.91 Å². The highest BCUT2D eigenvalue weighted by Gasteiger charge is 2.10. The Kier molecular flexibility index (Phi) is 5.49. The second-order valence-electron chi connectivity index (χ2n) is 4.16. The van der Waals surface area contributed by atoms with Crippen molar-refractivity contribution < 1.29 is 14.3 Å². The maximum Gasteiger partial charge on any atom is 0.224 e. The maximum atomic E-state index is 11.7. The number of hydrogen-bond donors (Lipinski definition) is 1. The van der Waals surface area contributed by atoms with Crippen molar-refractivity contribution in [3.8, 4) is 11.5 Å². The first-order valence-electron chi connectivity index (χ1n) is 6.14. The number of benzene rings is 1. The second kappa shape index (κ2) is 6.89. The van der Waals surface area contributed by atoms with Gasteiger partial charge in [-0.25, -0.2) is 0 Å². The fourth-order valence-corrected chi connectivity index (χ4v) is 1.72. The van der Waals surface area contributed by atoms with E-state index in [1.165, 1.54) is 0 Å². The van der Waals surface area contributed by atoms with Crippen LogP contribution >= 0.6 is 0 Å². The first kappa shape index (κ1) is 14.4. The Balaban J connectivity index is 2.86. The molecule has 0 radical (unpaired) electrons. The van der Waals surface area contributed by atoms with E-state index in [-0.39, 0.29) is 5.91 Å². The third-order valence-corrected chi connectivity index (χ3v) is 2.79. The van der Waals surface area contributed by atoms with E-state index >= 15 is 0 Å². The highest BCUT2D eigenvalue weighted by Crippen LogP contribution is 2.31. The van der Waals surface area contributed by atoms with Crippen molar-refractivity contribution in [2.24, 2.45) is 0 Å². The third-order valence-electron chi connectivity index (χ3n) is 2.79. The summed E-state index contributed by atoms with van der Waals surface area (Å²) >= 11 is 0. The molecular weight excluding hydrogens is 230 g/mol. The lowest BCUT2D eigenvalue weighted by molar-refractivity contribution is -0.116. The van der Waals surface area contributed by atoms with Gasteiger partial charge < -0.3 is 14.8 Å². The molecule has 18 heavy (non-hydrogen) atoms. The molecule has 0 aliphatic heterocycles. The van der Waals surface area contributed by atoms with Gasteiger partial charge in [0.1, 0.15) is 11.5 Å². The molecule has 100 valence electrons. The topological polar surface area (TPSA) is 47.6 Å². The zero-order chi connectivity index (χ0) is 13.5. The van der Waals surface area contributed by atoms with Crippen molar-refractivity contribution in [2.45, 2.75) is 33.1 Å². The lowest BCUT2D eigenvalue weighted by Crippen LogP contribution is -2.11. The first-order valence-corrected chi connectivity index (χ1v) is 6.14. The van der Waals surface area contributed by atoms with E-state index < -0.39 is 0 Å². The molecule has 0 bridgehead atoms. The molecule has 1 amide bonds. The Labute approximate surface area is 108 Å². The number of methoxy groups -OCH3 is 2. The maximum absolute atomic E-state index is 11.7. The van der Waals surface area contributed by atoms with Crippen LogP contribution < -0.4 is 14.8 Å². The van der Waals surface area contributed by atoms with Gasteiger partial charge in [-0.05, 0) is 13.3 Å². The van der Waals surface area contributed by atoms with Gasteiger partial charge in [-0.2, -0.15) is 0 Å². The van der Waals surface area contributed by atoms with Crippen LogP contribution in [0.1, 0.15) is 31.7 Å². The van der Waals surface area contributed by atoms with E-state index in [1.54, 1.807) is 14.2 Å². The quantitative estimate of drug-likeness (QED) is 0.845. The van der Waals surface area contributed by atoms with E-state index in [4.69, 9.17) is 9.47 Å². The summed E-state index contributed by atoms with van der Waals surface area (Å²) in [7, 11) is 3.20. The molecule has 0 aliphatic rings. The minimum absolute atomic E-state index is 0.0183. The number of amides is 1. The van der Waals surface area contributed by atoms with E-state index in [0.29, 0.717) is 23.6 Å². The Morgan fingerprint density at radius 1 is 1.22 bits per heavy atom. The minimum atomic E-state index is 0.0183. The molecule has 1 aromatic rings. The molecule has 4 heteroatoms. The van der Waals surface area contributed by atoms with Crippen LogP contribution in [0.25, 0.3) is 0 Å². The molecule has 1 rings (SSSR count). The van der Waals surface area contributed by atoms with E-state index in [0.717, 1.165) is 18.4 Å². The van der Waals surface area contributed by atoms with Crippen LogP contribution in [0.5, 0.6) is 11.5 Å². The third kappa shape index (κ3) is 3.65. The number of carbonyl (C=O) groups is 1. The van der Waals surface area contributed by atoms with Gasteiger partial charge in [0, 0.05) is 29.8 Å². The van der Waals surface area contributed by atoms with Gasteiger partial charge in [-0.15, -0.1) is 0 Å². The van der Waals surface area contributed by atoms with Crippen molar-refractivity contribution >= 4 is 11.6 Å². The largest absolute Gasteiger partial charge is 0.496 e. The fraction of sp³-hybridized carbons (Fsp3) is 0.500. The Hall–Kier alpha value is -1.71. The molecule has 0 unspecified atom stereocenters. The lowest BCUT2D eigenvalue weighted by Gasteiger charge is -2.13. The van der Waals surface area contributed by atoms with E-state index in [1.807, 2.05) is 19.1 Å². The number of anilines is 1. The number of ether oxygens (including phenoxy) is 2. The van der Waals surface area contributed by atoms with Crippen LogP contribution in [0.2, 0.25) is 0 Å². The summed E-state index contributed by atoms with van der Waals surface area (Å²) in [5.74, 6) is 1.44. The predicted molar refractivity (Wildman–Crippen MR) is 72.4 cm³/mol. The van der Waals surface area contributed by atoms with Crippen molar-refractivity contribution in [1.82, 2.24) is 0 Å². The summed E-state index contributed by atoms with van der Waals surface area (Å²) in [6.07, 6.45) is 2.44. The van der Waals surface area contributed by atoms with Crippen molar-refractivity contribution in [1.29, 1.82) is 0 Å². The number of unbranched alkanes of at least 4 members (excludes halogenated alkanes) is 1. The van der Waals surface area contributed by atoms with Gasteiger partial charge in [0.05, 0.1) is 14.2 Å². The van der Waals surface area contributed by atoms with Gasteiger partial charge in [-0.1, -0.05) is 13.3 Å². The molecule has 0 aromatic heterocycles. The van der Waals surface area contributed by atoms with Crippen LogP contribution in [0.4, 0.5) is 5.69 Å². The lowest BCUT2D eigenvalue weighted by atomic mass is 10.1. The van der Waals surface area contributed by atoms with Gasteiger partial charge in [0.25, 0.3) is 0 Å².